The van der Waals surface area contributed by atoms with Crippen molar-refractivity contribution in [2.24, 2.45) is 0 Å². The summed E-state index contributed by atoms with van der Waals surface area (Å²) >= 11 is 0. The van der Waals surface area contributed by atoms with Crippen LogP contribution in [0.4, 0.5) is 0 Å². The molecule has 1 fully saturated rings. The molecule has 0 aromatic heterocycles. The van der Waals surface area contributed by atoms with Gasteiger partial charge in [0.05, 0.1) is 4.90 Å². The molecule has 0 saturated heterocycles. The van der Waals surface area contributed by atoms with Crippen molar-refractivity contribution in [1.82, 2.24) is 4.72 Å². The van der Waals surface area contributed by atoms with Crippen LogP contribution in [-0.2, 0) is 10.0 Å². The summed E-state index contributed by atoms with van der Waals surface area (Å²) in [6, 6.07) is 0.0909. The zero-order valence-electron chi connectivity index (χ0n) is 14.5. The maximum atomic E-state index is 13.0. The van der Waals surface area contributed by atoms with Crippen molar-refractivity contribution < 1.29 is 8.42 Å². The first kappa shape index (κ1) is 17.5. The average Bonchev–Trinajstić information content (AvgIpc) is 2.71. The summed E-state index contributed by atoms with van der Waals surface area (Å²) < 4.78 is 28.9. The van der Waals surface area contributed by atoms with Gasteiger partial charge in [0.15, 0.2) is 0 Å². The summed E-state index contributed by atoms with van der Waals surface area (Å²) in [5, 5.41) is 0. The van der Waals surface area contributed by atoms with E-state index in [4.69, 9.17) is 0 Å². The van der Waals surface area contributed by atoms with Gasteiger partial charge in [0.25, 0.3) is 0 Å². The van der Waals surface area contributed by atoms with E-state index in [0.29, 0.717) is 4.90 Å². The van der Waals surface area contributed by atoms with E-state index in [-0.39, 0.29) is 6.04 Å². The molecule has 1 aromatic rings. The Morgan fingerprint density at radius 2 is 1.14 bits per heavy atom. The van der Waals surface area contributed by atoms with Crippen LogP contribution < -0.4 is 4.72 Å². The van der Waals surface area contributed by atoms with Crippen molar-refractivity contribution in [3.8, 4) is 0 Å². The first-order chi connectivity index (χ1) is 10.3. The maximum absolute atomic E-state index is 13.0. The lowest BCUT2D eigenvalue weighted by atomic mass is 9.95. The minimum atomic E-state index is -3.45. The molecule has 0 spiro atoms. The van der Waals surface area contributed by atoms with Gasteiger partial charge in [-0.05, 0) is 75.3 Å². The van der Waals surface area contributed by atoms with E-state index in [2.05, 4.69) is 11.6 Å². The quantitative estimate of drug-likeness (QED) is 0.846. The molecule has 0 atom stereocenters. The van der Waals surface area contributed by atoms with Crippen LogP contribution in [0.3, 0.4) is 0 Å². The zero-order valence-corrected chi connectivity index (χ0v) is 15.4. The Kier molecular flexibility index (Phi) is 5.33. The number of hydrogen-bond acceptors (Lipinski definition) is 2. The van der Waals surface area contributed by atoms with E-state index in [0.717, 1.165) is 47.9 Å². The molecule has 124 valence electrons. The molecule has 22 heavy (non-hydrogen) atoms. The summed E-state index contributed by atoms with van der Waals surface area (Å²) in [5.41, 5.74) is 5.15. The highest BCUT2D eigenvalue weighted by atomic mass is 32.2. The Labute approximate surface area is 135 Å². The minimum absolute atomic E-state index is 0.0909. The van der Waals surface area contributed by atoms with Crippen LogP contribution in [0.2, 0.25) is 0 Å². The highest BCUT2D eigenvalue weighted by Gasteiger charge is 2.26. The molecule has 3 nitrogen and oxygen atoms in total. The molecular formula is C18H29NO2S. The monoisotopic (exact) mass is 323 g/mol. The van der Waals surface area contributed by atoms with Crippen LogP contribution in [0.1, 0.15) is 66.3 Å². The van der Waals surface area contributed by atoms with Crippen molar-refractivity contribution in [1.29, 1.82) is 0 Å². The molecule has 0 heterocycles. The van der Waals surface area contributed by atoms with Gasteiger partial charge < -0.3 is 0 Å². The first-order valence-electron chi connectivity index (χ1n) is 8.35. The fourth-order valence-corrected chi connectivity index (χ4v) is 5.45. The van der Waals surface area contributed by atoms with Crippen molar-refractivity contribution in [2.45, 2.75) is 84.1 Å². The van der Waals surface area contributed by atoms with Gasteiger partial charge in [0.2, 0.25) is 10.0 Å². The molecule has 0 unspecified atom stereocenters. The summed E-state index contributed by atoms with van der Waals surface area (Å²) in [7, 11) is -3.45. The predicted molar refractivity (Wildman–Crippen MR) is 91.9 cm³/mol. The van der Waals surface area contributed by atoms with Crippen LogP contribution in [0, 0.1) is 34.6 Å². The zero-order chi connectivity index (χ0) is 16.5. The second-order valence-corrected chi connectivity index (χ2v) is 8.41. The first-order valence-corrected chi connectivity index (χ1v) is 9.83. The SMILES string of the molecule is Cc1c(C)c(C)c(S(=O)(=O)NC2CCCCCC2)c(C)c1C. The van der Waals surface area contributed by atoms with E-state index in [9.17, 15) is 8.42 Å². The lowest BCUT2D eigenvalue weighted by molar-refractivity contribution is 0.509. The second kappa shape index (κ2) is 6.71. The minimum Gasteiger partial charge on any atom is -0.208 e. The molecule has 1 aromatic carbocycles. The Morgan fingerprint density at radius 1 is 0.727 bits per heavy atom. The molecule has 1 aliphatic carbocycles. The topological polar surface area (TPSA) is 46.2 Å². The van der Waals surface area contributed by atoms with Gasteiger partial charge in [0, 0.05) is 6.04 Å². The molecular weight excluding hydrogens is 294 g/mol. The fraction of sp³-hybridized carbons (Fsp3) is 0.667. The van der Waals surface area contributed by atoms with E-state index in [1.54, 1.807) is 0 Å². The number of rotatable bonds is 3. The molecule has 0 bridgehead atoms. The third-order valence-electron chi connectivity index (χ3n) is 5.38. The Bertz CT molecular complexity index is 625. The Hall–Kier alpha value is -0.870. The van der Waals surface area contributed by atoms with E-state index in [1.165, 1.54) is 18.4 Å². The Morgan fingerprint density at radius 3 is 1.59 bits per heavy atom. The molecule has 0 aliphatic heterocycles. The lowest BCUT2D eigenvalue weighted by Gasteiger charge is -2.22. The molecule has 0 amide bonds. The van der Waals surface area contributed by atoms with Crippen molar-refractivity contribution in [3.05, 3.63) is 27.8 Å². The summed E-state index contributed by atoms with van der Waals surface area (Å²) in [5.74, 6) is 0. The molecule has 2 rings (SSSR count). The van der Waals surface area contributed by atoms with Crippen LogP contribution >= 0.6 is 0 Å². The van der Waals surface area contributed by atoms with Crippen molar-refractivity contribution in [2.75, 3.05) is 0 Å². The molecule has 0 radical (unpaired) electrons. The highest BCUT2D eigenvalue weighted by Crippen LogP contribution is 2.30. The Balaban J connectivity index is 2.41. The van der Waals surface area contributed by atoms with Gasteiger partial charge in [-0.1, -0.05) is 25.7 Å². The highest BCUT2D eigenvalue weighted by molar-refractivity contribution is 7.89. The van der Waals surface area contributed by atoms with E-state index < -0.39 is 10.0 Å². The third kappa shape index (κ3) is 3.38. The largest absolute Gasteiger partial charge is 0.241 e. The number of benzene rings is 1. The van der Waals surface area contributed by atoms with Crippen LogP contribution in [-0.4, -0.2) is 14.5 Å². The second-order valence-electron chi connectivity index (χ2n) is 6.76. The van der Waals surface area contributed by atoms with Crippen LogP contribution in [0.15, 0.2) is 4.90 Å². The molecule has 1 N–H and O–H groups in total. The number of nitrogens with one attached hydrogen (secondary N) is 1. The maximum Gasteiger partial charge on any atom is 0.241 e. The van der Waals surface area contributed by atoms with Crippen LogP contribution in [0.5, 0.6) is 0 Å². The van der Waals surface area contributed by atoms with E-state index in [1.807, 2.05) is 27.7 Å². The van der Waals surface area contributed by atoms with Gasteiger partial charge in [-0.15, -0.1) is 0 Å². The summed E-state index contributed by atoms with van der Waals surface area (Å²) in [6.45, 7) is 9.95. The predicted octanol–water partition coefficient (Wildman–Crippen LogP) is 4.23. The lowest BCUT2D eigenvalue weighted by Crippen LogP contribution is -2.35. The average molecular weight is 324 g/mol. The fourth-order valence-electron chi connectivity index (χ4n) is 3.54. The summed E-state index contributed by atoms with van der Waals surface area (Å²) in [4.78, 5) is 0.498. The molecule has 4 heteroatoms. The van der Waals surface area contributed by atoms with Gasteiger partial charge in [-0.2, -0.15) is 0 Å². The number of sulfonamides is 1. The van der Waals surface area contributed by atoms with Crippen molar-refractivity contribution in [3.63, 3.8) is 0 Å². The smallest absolute Gasteiger partial charge is 0.208 e. The summed E-state index contributed by atoms with van der Waals surface area (Å²) in [6.07, 6.45) is 6.61. The van der Waals surface area contributed by atoms with Gasteiger partial charge in [-0.25, -0.2) is 13.1 Å². The number of hydrogen-bond donors (Lipinski definition) is 1. The normalized spacial score (nSPS) is 17.5. The van der Waals surface area contributed by atoms with Gasteiger partial charge in [0.1, 0.15) is 0 Å². The molecule has 1 aliphatic rings. The van der Waals surface area contributed by atoms with Crippen LogP contribution in [0.25, 0.3) is 0 Å². The van der Waals surface area contributed by atoms with Gasteiger partial charge in [-0.3, -0.25) is 0 Å². The molecule has 1 saturated carbocycles. The van der Waals surface area contributed by atoms with Gasteiger partial charge >= 0.3 is 0 Å². The standard InChI is InChI=1S/C18H29NO2S/c1-12-13(2)15(4)18(16(5)14(12)3)22(20,21)19-17-10-8-6-7-9-11-17/h17,19H,6-11H2,1-5H3. The third-order valence-corrected chi connectivity index (χ3v) is 7.17. The van der Waals surface area contributed by atoms with E-state index >= 15 is 0 Å². The van der Waals surface area contributed by atoms with Crippen molar-refractivity contribution >= 4 is 10.0 Å².